The van der Waals surface area contributed by atoms with Gasteiger partial charge in [0, 0.05) is 62.8 Å². The number of thiophene rings is 1. The molecule has 0 N–H and O–H groups in total. The summed E-state index contributed by atoms with van der Waals surface area (Å²) in [6.45, 7) is -3.66. The zero-order valence-electron chi connectivity index (χ0n) is 62.2. The summed E-state index contributed by atoms with van der Waals surface area (Å²) in [7, 11) is 0. The van der Waals surface area contributed by atoms with Gasteiger partial charge in [0.25, 0.3) is 0 Å². The Labute approximate surface area is 396 Å². The van der Waals surface area contributed by atoms with Crippen molar-refractivity contribution in [1.82, 2.24) is 0 Å². The third kappa shape index (κ3) is 4.70. The van der Waals surface area contributed by atoms with Gasteiger partial charge in [-0.3, -0.25) is 0 Å². The van der Waals surface area contributed by atoms with E-state index in [1.165, 1.54) is 0 Å². The lowest BCUT2D eigenvalue weighted by molar-refractivity contribution is 0.660. The van der Waals surface area contributed by atoms with E-state index in [1.807, 2.05) is 0 Å². The van der Waals surface area contributed by atoms with Crippen molar-refractivity contribution in [2.75, 3.05) is 4.90 Å². The summed E-state index contributed by atoms with van der Waals surface area (Å²) in [6.07, 6.45) is 0. The van der Waals surface area contributed by atoms with Crippen molar-refractivity contribution in [3.05, 3.63) is 198 Å². The summed E-state index contributed by atoms with van der Waals surface area (Å²) in [6, 6.07) is -24.9. The van der Waals surface area contributed by atoms with E-state index < -0.39 is 309 Å². The van der Waals surface area contributed by atoms with Gasteiger partial charge in [-0.25, -0.2) is 0 Å². The van der Waals surface area contributed by atoms with Crippen LogP contribution in [0.25, 0.3) is 96.7 Å². The van der Waals surface area contributed by atoms with Crippen molar-refractivity contribution >= 4 is 103 Å². The second-order valence-corrected chi connectivity index (χ2v) is 14.9. The average molecular weight is 816 g/mol. The summed E-state index contributed by atoms with van der Waals surface area (Å²) < 4.78 is 307. The number of anilines is 3. The Morgan fingerprint density at radius 2 is 1.13 bits per heavy atom. The Morgan fingerprint density at radius 3 is 1.98 bits per heavy atom. The number of hydrogen-bond acceptors (Lipinski definition) is 3. The van der Waals surface area contributed by atoms with Gasteiger partial charge >= 0.3 is 0 Å². The van der Waals surface area contributed by atoms with Crippen LogP contribution in [-0.4, -0.2) is 0 Å². The summed E-state index contributed by atoms with van der Waals surface area (Å²) in [5, 5.41) is -6.22. The van der Waals surface area contributed by atoms with Crippen molar-refractivity contribution in [1.29, 1.82) is 0 Å². The van der Waals surface area contributed by atoms with Crippen LogP contribution in [0.4, 0.5) is 17.1 Å². The molecule has 60 heavy (non-hydrogen) atoms. The zero-order chi connectivity index (χ0) is 67.2. The lowest BCUT2D eigenvalue weighted by Crippen LogP contribution is -2.17. The maximum absolute atomic E-state index is 10.7. The lowest BCUT2D eigenvalue weighted by Gasteiger charge is -2.31. The van der Waals surface area contributed by atoms with Crippen LogP contribution in [0.1, 0.15) is 68.8 Å². The number of furan rings is 1. The molecular weight excluding hydrogens is 747 g/mol. The first-order valence-electron chi connectivity index (χ1n) is 34.4. The third-order valence-electron chi connectivity index (χ3n) is 10.6. The molecule has 12 aromatic rings. The van der Waals surface area contributed by atoms with Gasteiger partial charge in [0.05, 0.1) is 45.4 Å². The monoisotopic (exact) mass is 815 g/mol. The van der Waals surface area contributed by atoms with E-state index in [-0.39, 0.29) is 10.1 Å². The van der Waals surface area contributed by atoms with Gasteiger partial charge in [0.15, 0.2) is 0 Å². The van der Waals surface area contributed by atoms with Crippen LogP contribution in [0.15, 0.2) is 192 Å². The van der Waals surface area contributed by atoms with Crippen molar-refractivity contribution < 1.29 is 48.3 Å². The Hall–Kier alpha value is -7.20. The molecule has 13 rings (SSSR count). The Kier molecular flexibility index (Phi) is 3.13. The highest BCUT2D eigenvalue weighted by Crippen LogP contribution is 2.54. The molecule has 1 aliphatic carbocycles. The minimum Gasteiger partial charge on any atom is -0.456 e. The molecule has 0 bridgehead atoms. The van der Waals surface area contributed by atoms with Crippen LogP contribution >= 0.6 is 11.3 Å². The van der Waals surface area contributed by atoms with Crippen LogP contribution in [0.5, 0.6) is 0 Å². The highest BCUT2D eigenvalue weighted by molar-refractivity contribution is 7.25. The number of rotatable bonds is 4. The maximum Gasteiger partial charge on any atom is 0.135 e. The number of fused-ring (bicyclic) bond motifs is 15. The molecule has 2 nitrogen and oxygen atoms in total. The molecule has 2 heterocycles. The summed E-state index contributed by atoms with van der Waals surface area (Å²) in [5.74, 6) is 0. The fraction of sp³-hybridized carbons (Fsp3) is 0.0526. The standard InChI is InChI=1S/C57H37NOS/c1-57(2)49-20-10-7-16-41(49)42-26-24-35(32-50(42)57)58(36-25-27-45-44-18-9-12-22-53(44)60-54(45)33-36)56-37(34-23-30-52-48(31-34)43-17-8-11-21-51(43)59-52)28-29-47-40-15-4-3-13-38(40)39-14-5-6-19-46(39)55(47)56/h3-33H,1-2H3/i1D,2D2,3D,4D,5D,6D,7D,8D,9D,10D,12D,13D,14D,15D,16D,17D,18D,19D,20D,21D,22D,24D,25D,26D,27D,28D,29D,30D,31D,32D,33D. The average Bonchev–Trinajstić information content (AvgIpc) is 1.11. The van der Waals surface area contributed by atoms with Gasteiger partial charge in [-0.2, -0.15) is 0 Å². The maximum atomic E-state index is 10.7. The first-order chi connectivity index (χ1) is 43.1. The molecule has 10 aromatic carbocycles. The molecular formula is C57H37NOS. The van der Waals surface area contributed by atoms with Crippen molar-refractivity contribution in [2.24, 2.45) is 0 Å². The number of nitrogens with zero attached hydrogens (tertiary/aromatic N) is 1. The van der Waals surface area contributed by atoms with Gasteiger partial charge in [-0.15, -0.1) is 11.3 Å². The molecule has 1 unspecified atom stereocenters. The summed E-state index contributed by atoms with van der Waals surface area (Å²) in [5.41, 5.74) is -11.1. The molecule has 0 fully saturated rings. The Balaban J connectivity index is 1.41. The van der Waals surface area contributed by atoms with Gasteiger partial charge < -0.3 is 9.32 Å². The first kappa shape index (κ1) is 15.1. The van der Waals surface area contributed by atoms with Crippen LogP contribution in [0, 0.1) is 0 Å². The van der Waals surface area contributed by atoms with Crippen molar-refractivity contribution in [3.8, 4) is 22.3 Å². The smallest absolute Gasteiger partial charge is 0.135 e. The minimum atomic E-state index is -2.71. The fourth-order valence-corrected chi connectivity index (χ4v) is 8.93. The van der Waals surface area contributed by atoms with Gasteiger partial charge in [-0.05, 0) is 103 Å². The van der Waals surface area contributed by atoms with E-state index >= 15 is 0 Å². The second-order valence-electron chi connectivity index (χ2n) is 13.9. The molecule has 282 valence electrons. The molecule has 0 saturated carbocycles. The topological polar surface area (TPSA) is 16.4 Å². The fourth-order valence-electron chi connectivity index (χ4n) is 7.97. The van der Waals surface area contributed by atoms with E-state index in [0.717, 1.165) is 12.1 Å². The molecule has 3 heteroatoms. The second kappa shape index (κ2) is 12.4. The number of para-hydroxylation sites is 1. The lowest BCUT2D eigenvalue weighted by atomic mass is 9.82. The van der Waals surface area contributed by atoms with Gasteiger partial charge in [0.1, 0.15) is 11.2 Å². The third-order valence-corrected chi connectivity index (χ3v) is 11.6. The largest absolute Gasteiger partial charge is 0.456 e. The Morgan fingerprint density at radius 1 is 0.500 bits per heavy atom. The van der Waals surface area contributed by atoms with E-state index in [9.17, 15) is 27.4 Å². The molecule has 1 atom stereocenters. The van der Waals surface area contributed by atoms with E-state index in [1.54, 1.807) is 0 Å². The molecule has 2 aromatic heterocycles. The van der Waals surface area contributed by atoms with Gasteiger partial charge in [-0.1, -0.05) is 153 Å². The van der Waals surface area contributed by atoms with E-state index in [0.29, 0.717) is 16.2 Å². The van der Waals surface area contributed by atoms with Crippen molar-refractivity contribution in [3.63, 3.8) is 0 Å². The zero-order valence-corrected chi connectivity index (χ0v) is 31.0. The normalized spacial score (nSPS) is 22.4. The molecule has 0 aliphatic heterocycles. The molecule has 0 amide bonds. The molecule has 0 spiro atoms. The summed E-state index contributed by atoms with van der Waals surface area (Å²) >= 11 is 0.497. The number of hydrogen-bond donors (Lipinski definition) is 0. The predicted molar refractivity (Wildman–Crippen MR) is 257 cm³/mol. The predicted octanol–water partition coefficient (Wildman–Crippen LogP) is 16.9. The van der Waals surface area contributed by atoms with Crippen LogP contribution in [0.3, 0.4) is 0 Å². The van der Waals surface area contributed by atoms with Gasteiger partial charge in [0.2, 0.25) is 0 Å². The molecule has 0 radical (unpaired) electrons. The first-order valence-corrected chi connectivity index (χ1v) is 18.9. The molecule has 0 saturated heterocycles. The highest BCUT2D eigenvalue weighted by Gasteiger charge is 2.36. The van der Waals surface area contributed by atoms with Crippen LogP contribution in [-0.2, 0) is 5.41 Å². The van der Waals surface area contributed by atoms with Crippen LogP contribution in [0.2, 0.25) is 0 Å². The quantitative estimate of drug-likeness (QED) is 0.165. The minimum absolute atomic E-state index is 0.261. The Bertz CT molecular complexity index is 5520. The van der Waals surface area contributed by atoms with Crippen molar-refractivity contribution in [2.45, 2.75) is 19.2 Å². The SMILES string of the molecule is [2H]CC1(C([2H])[2H])c2c([2H])c([2H])c([2H])c([2H])c2-c2c([2H])c([2H])c(N(c3c([2H])c([2H])c4c(sc5c([2H])c([2H])c([2H])c([2H])c54)c3[2H])c3c(-c4cc([2H])c5oc6c([2H])cc([2H])c([2H])c6c5c4[2H])c([2H])c([2H])c4c5c([2H])c([2H])c([2H])c([2H])c5c5c([2H])c([2H])c([2H])c([2H])c5c34)c([2H])c21. The summed E-state index contributed by atoms with van der Waals surface area (Å²) in [4.78, 5) is 0.577. The number of benzene rings is 10. The van der Waals surface area contributed by atoms with E-state index in [4.69, 9.17) is 20.9 Å². The molecule has 1 aliphatic rings. The van der Waals surface area contributed by atoms with E-state index in [2.05, 4.69) is 0 Å². The van der Waals surface area contributed by atoms with Crippen LogP contribution < -0.4 is 4.90 Å². The highest BCUT2D eigenvalue weighted by atomic mass is 32.1.